The molecule has 1 aromatic carbocycles. The Morgan fingerprint density at radius 1 is 1.13 bits per heavy atom. The number of nitrogens with one attached hydrogen (secondary N) is 2. The average molecular weight is 353 g/mol. The number of hydrogen-bond acceptors (Lipinski definition) is 4. The number of hydrogen-bond donors (Lipinski definition) is 2. The van der Waals surface area contributed by atoms with Gasteiger partial charge >= 0.3 is 0 Å². The van der Waals surface area contributed by atoms with Crippen molar-refractivity contribution in [3.05, 3.63) is 46.2 Å². The van der Waals surface area contributed by atoms with Crippen LogP contribution in [-0.2, 0) is 0 Å². The van der Waals surface area contributed by atoms with E-state index in [0.29, 0.717) is 28.1 Å². The summed E-state index contributed by atoms with van der Waals surface area (Å²) in [6, 6.07) is 5.14. The summed E-state index contributed by atoms with van der Waals surface area (Å²) in [5.41, 5.74) is 1.15. The maximum Gasteiger partial charge on any atom is 0.254 e. The molecule has 0 aliphatic rings. The Labute approximate surface area is 145 Å². The van der Waals surface area contributed by atoms with Crippen molar-refractivity contribution in [3.8, 4) is 0 Å². The van der Waals surface area contributed by atoms with Gasteiger partial charge in [0.05, 0.1) is 15.6 Å². The highest BCUT2D eigenvalue weighted by Gasteiger charge is 2.07. The smallest absolute Gasteiger partial charge is 0.254 e. The molecule has 0 radical (unpaired) electrons. The summed E-state index contributed by atoms with van der Waals surface area (Å²) in [5, 5.41) is 6.77. The molecule has 0 aliphatic carbocycles. The minimum Gasteiger partial charge on any atom is -0.352 e. The molecule has 0 aliphatic heterocycles. The molecule has 1 amide bonds. The van der Waals surface area contributed by atoms with Crippen LogP contribution in [0.3, 0.4) is 0 Å². The topological polar surface area (TPSA) is 66.9 Å². The van der Waals surface area contributed by atoms with Gasteiger partial charge in [0.15, 0.2) is 0 Å². The third-order valence-corrected chi connectivity index (χ3v) is 3.89. The van der Waals surface area contributed by atoms with Crippen LogP contribution < -0.4 is 10.6 Å². The van der Waals surface area contributed by atoms with Crippen LogP contribution in [0.25, 0.3) is 0 Å². The van der Waals surface area contributed by atoms with Crippen molar-refractivity contribution in [3.63, 3.8) is 0 Å². The fraction of sp³-hybridized carbons (Fsp3) is 0.312. The average Bonchev–Trinajstić information content (AvgIpc) is 2.55. The number of nitrogens with zero attached hydrogens (tertiary/aromatic N) is 2. The van der Waals surface area contributed by atoms with Gasteiger partial charge < -0.3 is 10.6 Å². The third kappa shape index (κ3) is 5.37. The van der Waals surface area contributed by atoms with E-state index in [0.717, 1.165) is 24.9 Å². The molecule has 2 rings (SSSR count). The maximum absolute atomic E-state index is 11.9. The van der Waals surface area contributed by atoms with E-state index in [1.807, 2.05) is 0 Å². The first kappa shape index (κ1) is 17.5. The Hall–Kier alpha value is -1.85. The molecule has 0 saturated heterocycles. The van der Waals surface area contributed by atoms with Gasteiger partial charge in [0.2, 0.25) is 5.95 Å². The number of anilines is 2. The molecule has 0 bridgehead atoms. The molecule has 0 unspecified atom stereocenters. The molecule has 0 saturated carbocycles. The number of unbranched alkanes of at least 4 members (excludes halogenated alkanes) is 2. The largest absolute Gasteiger partial charge is 0.352 e. The second-order valence-corrected chi connectivity index (χ2v) is 5.83. The first-order chi connectivity index (χ1) is 11.1. The minimum absolute atomic E-state index is 0.165. The van der Waals surface area contributed by atoms with E-state index in [-0.39, 0.29) is 5.91 Å². The summed E-state index contributed by atoms with van der Waals surface area (Å²) in [6.45, 7) is 2.78. The molecule has 122 valence electrons. The van der Waals surface area contributed by atoms with E-state index >= 15 is 0 Å². The SMILES string of the molecule is CCCCCNC(=O)c1cnc(Nc2ccc(Cl)c(Cl)c2)nc1. The van der Waals surface area contributed by atoms with E-state index in [2.05, 4.69) is 27.5 Å². The predicted molar refractivity (Wildman–Crippen MR) is 93.6 cm³/mol. The summed E-state index contributed by atoms with van der Waals surface area (Å²) in [6.07, 6.45) is 6.17. The van der Waals surface area contributed by atoms with Crippen molar-refractivity contribution >= 4 is 40.7 Å². The molecule has 2 N–H and O–H groups in total. The number of benzene rings is 1. The summed E-state index contributed by atoms with van der Waals surface area (Å²) in [7, 11) is 0. The van der Waals surface area contributed by atoms with E-state index in [1.54, 1.807) is 18.2 Å². The van der Waals surface area contributed by atoms with Crippen molar-refractivity contribution in [2.24, 2.45) is 0 Å². The number of carbonyl (C=O) groups excluding carboxylic acids is 1. The third-order valence-electron chi connectivity index (χ3n) is 3.16. The first-order valence-electron chi connectivity index (χ1n) is 7.42. The highest BCUT2D eigenvalue weighted by molar-refractivity contribution is 6.42. The summed E-state index contributed by atoms with van der Waals surface area (Å²) in [5.74, 6) is 0.216. The monoisotopic (exact) mass is 352 g/mol. The zero-order valence-corrected chi connectivity index (χ0v) is 14.3. The molecule has 23 heavy (non-hydrogen) atoms. The molecular weight excluding hydrogens is 335 g/mol. The molecule has 2 aromatic rings. The van der Waals surface area contributed by atoms with Crippen molar-refractivity contribution in [2.75, 3.05) is 11.9 Å². The first-order valence-corrected chi connectivity index (χ1v) is 8.18. The predicted octanol–water partition coefficient (Wildman–Crippen LogP) is 4.45. The van der Waals surface area contributed by atoms with Crippen LogP contribution in [0, 0.1) is 0 Å². The lowest BCUT2D eigenvalue weighted by atomic mass is 10.2. The molecular formula is C16H18Cl2N4O. The maximum atomic E-state index is 11.9. The second kappa shape index (κ2) is 8.70. The molecule has 0 spiro atoms. The molecule has 5 nitrogen and oxygen atoms in total. The Morgan fingerprint density at radius 3 is 2.52 bits per heavy atom. The second-order valence-electron chi connectivity index (χ2n) is 5.01. The zero-order valence-electron chi connectivity index (χ0n) is 12.8. The standard InChI is InChI=1S/C16H18Cl2N4O/c1-2-3-4-7-19-15(23)11-9-20-16(21-10-11)22-12-5-6-13(17)14(18)8-12/h5-6,8-10H,2-4,7H2,1H3,(H,19,23)(H,20,21,22). The lowest BCUT2D eigenvalue weighted by Crippen LogP contribution is -2.24. The summed E-state index contributed by atoms with van der Waals surface area (Å²) >= 11 is 11.8. The van der Waals surface area contributed by atoms with Crippen LogP contribution in [0.2, 0.25) is 10.0 Å². The van der Waals surface area contributed by atoms with E-state index in [4.69, 9.17) is 23.2 Å². The van der Waals surface area contributed by atoms with Gasteiger partial charge in [-0.15, -0.1) is 0 Å². The molecule has 1 aromatic heterocycles. The molecule has 0 fully saturated rings. The van der Waals surface area contributed by atoms with Gasteiger partial charge in [-0.2, -0.15) is 0 Å². The highest BCUT2D eigenvalue weighted by atomic mass is 35.5. The van der Waals surface area contributed by atoms with E-state index in [1.165, 1.54) is 12.4 Å². The van der Waals surface area contributed by atoms with Gasteiger partial charge in [-0.25, -0.2) is 9.97 Å². The Morgan fingerprint density at radius 2 is 1.87 bits per heavy atom. The lowest BCUT2D eigenvalue weighted by molar-refractivity contribution is 0.0952. The normalized spacial score (nSPS) is 10.4. The fourth-order valence-corrected chi connectivity index (χ4v) is 2.19. The molecule has 1 heterocycles. The Bertz CT molecular complexity index is 662. The van der Waals surface area contributed by atoms with Crippen molar-refractivity contribution < 1.29 is 4.79 Å². The number of carbonyl (C=O) groups is 1. The van der Waals surface area contributed by atoms with E-state index in [9.17, 15) is 4.79 Å². The van der Waals surface area contributed by atoms with Crippen LogP contribution in [0.15, 0.2) is 30.6 Å². The van der Waals surface area contributed by atoms with Crippen molar-refractivity contribution in [1.29, 1.82) is 0 Å². The molecule has 7 heteroatoms. The van der Waals surface area contributed by atoms with Gasteiger partial charge in [-0.3, -0.25) is 4.79 Å². The van der Waals surface area contributed by atoms with Crippen molar-refractivity contribution in [2.45, 2.75) is 26.2 Å². The van der Waals surface area contributed by atoms with Crippen LogP contribution in [0.4, 0.5) is 11.6 Å². The minimum atomic E-state index is -0.165. The number of aromatic nitrogens is 2. The van der Waals surface area contributed by atoms with Crippen LogP contribution >= 0.6 is 23.2 Å². The van der Waals surface area contributed by atoms with Crippen LogP contribution in [0.5, 0.6) is 0 Å². The van der Waals surface area contributed by atoms with Gasteiger partial charge in [-0.05, 0) is 24.6 Å². The molecule has 0 atom stereocenters. The van der Waals surface area contributed by atoms with Gasteiger partial charge in [0.1, 0.15) is 0 Å². The van der Waals surface area contributed by atoms with Gasteiger partial charge in [-0.1, -0.05) is 43.0 Å². The Kier molecular flexibility index (Phi) is 6.62. The summed E-state index contributed by atoms with van der Waals surface area (Å²) < 4.78 is 0. The quantitative estimate of drug-likeness (QED) is 0.722. The van der Waals surface area contributed by atoms with Gasteiger partial charge in [0.25, 0.3) is 5.91 Å². The van der Waals surface area contributed by atoms with Crippen LogP contribution in [0.1, 0.15) is 36.5 Å². The van der Waals surface area contributed by atoms with Crippen LogP contribution in [-0.4, -0.2) is 22.4 Å². The zero-order chi connectivity index (χ0) is 16.7. The summed E-state index contributed by atoms with van der Waals surface area (Å²) in [4.78, 5) is 20.2. The number of rotatable bonds is 7. The van der Waals surface area contributed by atoms with E-state index < -0.39 is 0 Å². The number of halogens is 2. The van der Waals surface area contributed by atoms with Gasteiger partial charge in [0, 0.05) is 24.6 Å². The van der Waals surface area contributed by atoms with Crippen molar-refractivity contribution in [1.82, 2.24) is 15.3 Å². The highest BCUT2D eigenvalue weighted by Crippen LogP contribution is 2.26. The fourth-order valence-electron chi connectivity index (χ4n) is 1.89. The lowest BCUT2D eigenvalue weighted by Gasteiger charge is -2.07. The number of amides is 1. The Balaban J connectivity index is 1.93.